The van der Waals surface area contributed by atoms with E-state index in [9.17, 15) is 9.18 Å². The molecule has 27 heavy (non-hydrogen) atoms. The molecule has 7 heteroatoms. The molecule has 0 bridgehead atoms. The van der Waals surface area contributed by atoms with Gasteiger partial charge >= 0.3 is 0 Å². The zero-order chi connectivity index (χ0) is 19.7. The van der Waals surface area contributed by atoms with Crippen molar-refractivity contribution >= 4 is 26.8 Å². The molecule has 1 aromatic carbocycles. The number of piperazine rings is 1. The van der Waals surface area contributed by atoms with Crippen LogP contribution < -0.4 is 10.9 Å². The number of halogens is 2. The maximum Gasteiger partial charge on any atom is 0.261 e. The number of benzene rings is 1. The molecule has 1 fully saturated rings. The minimum Gasteiger partial charge on any atom is -0.309 e. The molecule has 1 N–H and O–H groups in total. The van der Waals surface area contributed by atoms with Crippen molar-refractivity contribution in [1.82, 2.24) is 19.8 Å². The summed E-state index contributed by atoms with van der Waals surface area (Å²) in [6.45, 7) is 10.8. The summed E-state index contributed by atoms with van der Waals surface area (Å²) in [4.78, 5) is 20.3. The van der Waals surface area contributed by atoms with Crippen molar-refractivity contribution in [1.29, 1.82) is 0 Å². The van der Waals surface area contributed by atoms with E-state index in [0.717, 1.165) is 31.8 Å². The van der Waals surface area contributed by atoms with Gasteiger partial charge in [0.25, 0.3) is 5.56 Å². The van der Waals surface area contributed by atoms with Crippen molar-refractivity contribution in [2.75, 3.05) is 13.1 Å². The molecule has 0 radical (unpaired) electrons. The Labute approximate surface area is 168 Å². The Hall–Kier alpha value is -1.31. The van der Waals surface area contributed by atoms with Crippen LogP contribution in [0.1, 0.15) is 52.4 Å². The van der Waals surface area contributed by atoms with Gasteiger partial charge in [0.1, 0.15) is 11.6 Å². The number of hydrogen-bond donors (Lipinski definition) is 1. The first-order valence-corrected chi connectivity index (χ1v) is 10.5. The molecule has 0 amide bonds. The van der Waals surface area contributed by atoms with Crippen LogP contribution in [-0.2, 0) is 6.54 Å². The highest BCUT2D eigenvalue weighted by Crippen LogP contribution is 2.28. The standard InChI is InChI=1S/C20H28BrFN4O/c1-5-7-18(25-10-12(3)23-13(4)11-25)19-24-17-9-16(22)15(21)8-14(17)20(27)26(19)6-2/h8-9,12-13,18,23H,5-7,10-11H2,1-4H3/t12-,13+,18?. The van der Waals surface area contributed by atoms with Crippen LogP contribution in [0.15, 0.2) is 21.4 Å². The minimum absolute atomic E-state index is 0.0470. The second-order valence-corrected chi connectivity index (χ2v) is 8.38. The monoisotopic (exact) mass is 438 g/mol. The number of fused-ring (bicyclic) bond motifs is 1. The van der Waals surface area contributed by atoms with Crippen molar-refractivity contribution in [3.05, 3.63) is 38.6 Å². The third-order valence-corrected chi connectivity index (χ3v) is 5.84. The van der Waals surface area contributed by atoms with E-state index in [1.54, 1.807) is 10.6 Å². The predicted octanol–water partition coefficient (Wildman–Crippen LogP) is 3.84. The second-order valence-electron chi connectivity index (χ2n) is 7.53. The van der Waals surface area contributed by atoms with Crippen molar-refractivity contribution in [3.8, 4) is 0 Å². The summed E-state index contributed by atoms with van der Waals surface area (Å²) in [6, 6.07) is 3.70. The SMILES string of the molecule is CCCC(c1nc2cc(F)c(Br)cc2c(=O)n1CC)N1C[C@@H](C)N[C@@H](C)C1. The van der Waals surface area contributed by atoms with Gasteiger partial charge in [-0.3, -0.25) is 14.3 Å². The zero-order valence-corrected chi connectivity index (χ0v) is 18.0. The van der Waals surface area contributed by atoms with Crippen LogP contribution in [0.3, 0.4) is 0 Å². The van der Waals surface area contributed by atoms with E-state index in [0.29, 0.717) is 34.0 Å². The average Bonchev–Trinajstić information content (AvgIpc) is 2.60. The second kappa shape index (κ2) is 8.37. The first-order chi connectivity index (χ1) is 12.8. The molecule has 0 saturated carbocycles. The predicted molar refractivity (Wildman–Crippen MR) is 111 cm³/mol. The highest BCUT2D eigenvalue weighted by Gasteiger charge is 2.30. The summed E-state index contributed by atoms with van der Waals surface area (Å²) < 4.78 is 16.1. The number of hydrogen-bond acceptors (Lipinski definition) is 4. The number of aromatic nitrogens is 2. The topological polar surface area (TPSA) is 50.2 Å². The van der Waals surface area contributed by atoms with Crippen LogP contribution in [0.2, 0.25) is 0 Å². The molecule has 1 aliphatic heterocycles. The summed E-state index contributed by atoms with van der Waals surface area (Å²) in [5.41, 5.74) is 0.327. The van der Waals surface area contributed by atoms with Crippen molar-refractivity contribution < 1.29 is 4.39 Å². The Kier molecular flexibility index (Phi) is 6.33. The van der Waals surface area contributed by atoms with E-state index in [1.807, 2.05) is 6.92 Å². The average molecular weight is 439 g/mol. The van der Waals surface area contributed by atoms with Gasteiger partial charge < -0.3 is 5.32 Å². The lowest BCUT2D eigenvalue weighted by Gasteiger charge is -2.41. The molecule has 0 aliphatic carbocycles. The van der Waals surface area contributed by atoms with Gasteiger partial charge in [-0.25, -0.2) is 9.37 Å². The Balaban J connectivity index is 2.16. The molecule has 1 aliphatic rings. The van der Waals surface area contributed by atoms with Crippen LogP contribution in [0.25, 0.3) is 10.9 Å². The molecular formula is C20H28BrFN4O. The molecule has 2 aromatic rings. The number of rotatable bonds is 5. The summed E-state index contributed by atoms with van der Waals surface area (Å²) in [7, 11) is 0. The van der Waals surface area contributed by atoms with E-state index < -0.39 is 5.82 Å². The van der Waals surface area contributed by atoms with E-state index in [1.165, 1.54) is 6.07 Å². The third-order valence-electron chi connectivity index (χ3n) is 5.23. The lowest BCUT2D eigenvalue weighted by molar-refractivity contribution is 0.109. The summed E-state index contributed by atoms with van der Waals surface area (Å²) >= 11 is 3.18. The van der Waals surface area contributed by atoms with Crippen LogP contribution >= 0.6 is 15.9 Å². The molecular weight excluding hydrogens is 411 g/mol. The molecule has 1 saturated heterocycles. The maximum atomic E-state index is 14.1. The molecule has 3 atom stereocenters. The Bertz CT molecular complexity index is 874. The molecule has 5 nitrogen and oxygen atoms in total. The first kappa shape index (κ1) is 20.4. The first-order valence-electron chi connectivity index (χ1n) is 9.75. The number of nitrogens with one attached hydrogen (secondary N) is 1. The zero-order valence-electron chi connectivity index (χ0n) is 16.4. The van der Waals surface area contributed by atoms with Gasteiger partial charge in [-0.2, -0.15) is 0 Å². The van der Waals surface area contributed by atoms with Crippen LogP contribution in [-0.4, -0.2) is 39.6 Å². The van der Waals surface area contributed by atoms with Crippen LogP contribution in [0.5, 0.6) is 0 Å². The van der Waals surface area contributed by atoms with E-state index >= 15 is 0 Å². The molecule has 0 spiro atoms. The highest BCUT2D eigenvalue weighted by atomic mass is 79.9. The fourth-order valence-corrected chi connectivity index (χ4v) is 4.51. The smallest absolute Gasteiger partial charge is 0.261 e. The molecule has 1 unspecified atom stereocenters. The fourth-order valence-electron chi connectivity index (χ4n) is 4.17. The molecule has 148 valence electrons. The maximum absolute atomic E-state index is 14.1. The van der Waals surface area contributed by atoms with Gasteiger partial charge in [-0.1, -0.05) is 13.3 Å². The largest absolute Gasteiger partial charge is 0.309 e. The quantitative estimate of drug-likeness (QED) is 0.769. The third kappa shape index (κ3) is 4.10. The van der Waals surface area contributed by atoms with E-state index in [-0.39, 0.29) is 11.6 Å². The molecule has 3 rings (SSSR count). The highest BCUT2D eigenvalue weighted by molar-refractivity contribution is 9.10. The lowest BCUT2D eigenvalue weighted by Crippen LogP contribution is -2.55. The summed E-state index contributed by atoms with van der Waals surface area (Å²) in [5.74, 6) is 0.353. The normalized spacial score (nSPS) is 22.3. The van der Waals surface area contributed by atoms with Crippen molar-refractivity contribution in [2.24, 2.45) is 0 Å². The van der Waals surface area contributed by atoms with Gasteiger partial charge in [0.2, 0.25) is 0 Å². The van der Waals surface area contributed by atoms with Crippen LogP contribution in [0, 0.1) is 5.82 Å². The van der Waals surface area contributed by atoms with Gasteiger partial charge in [-0.15, -0.1) is 0 Å². The molecule has 2 heterocycles. The van der Waals surface area contributed by atoms with Gasteiger partial charge in [0, 0.05) is 37.8 Å². The van der Waals surface area contributed by atoms with E-state index in [4.69, 9.17) is 4.98 Å². The van der Waals surface area contributed by atoms with E-state index in [2.05, 4.69) is 46.9 Å². The summed E-state index contributed by atoms with van der Waals surface area (Å²) in [5, 5.41) is 4.01. The van der Waals surface area contributed by atoms with Gasteiger partial charge in [0.05, 0.1) is 21.4 Å². The summed E-state index contributed by atoms with van der Waals surface area (Å²) in [6.07, 6.45) is 1.90. The molecule has 1 aromatic heterocycles. The fraction of sp³-hybridized carbons (Fsp3) is 0.600. The van der Waals surface area contributed by atoms with Gasteiger partial charge in [0.15, 0.2) is 0 Å². The Morgan fingerprint density at radius 3 is 2.56 bits per heavy atom. The lowest BCUT2D eigenvalue weighted by atomic mass is 10.0. The Morgan fingerprint density at radius 2 is 1.96 bits per heavy atom. The Morgan fingerprint density at radius 1 is 1.30 bits per heavy atom. The van der Waals surface area contributed by atoms with Crippen molar-refractivity contribution in [2.45, 2.75) is 65.2 Å². The number of nitrogens with zero attached hydrogens (tertiary/aromatic N) is 3. The van der Waals surface area contributed by atoms with Gasteiger partial charge in [-0.05, 0) is 49.2 Å². The van der Waals surface area contributed by atoms with Crippen LogP contribution in [0.4, 0.5) is 4.39 Å². The minimum atomic E-state index is -0.397. The van der Waals surface area contributed by atoms with Crippen molar-refractivity contribution in [3.63, 3.8) is 0 Å².